The molecule has 0 atom stereocenters. The van der Waals surface area contributed by atoms with Gasteiger partial charge < -0.3 is 0 Å². The van der Waals surface area contributed by atoms with Crippen molar-refractivity contribution in [1.82, 2.24) is 4.98 Å². The molecular weight excluding hydrogens is 527 g/mol. The van der Waals surface area contributed by atoms with Gasteiger partial charge >= 0.3 is 6.18 Å². The number of ketones is 1. The largest absolute Gasteiger partial charge is 0.417 e. The first-order valence-corrected chi connectivity index (χ1v) is 13.0. The van der Waals surface area contributed by atoms with Crippen molar-refractivity contribution in [3.63, 3.8) is 0 Å². The van der Waals surface area contributed by atoms with E-state index in [1.807, 2.05) is 0 Å². The third-order valence-electron chi connectivity index (χ3n) is 5.18. The van der Waals surface area contributed by atoms with E-state index in [-0.39, 0.29) is 38.3 Å². The molecule has 0 aliphatic heterocycles. The minimum atomic E-state index is -4.56. The Bertz CT molecular complexity index is 1580. The van der Waals surface area contributed by atoms with Gasteiger partial charge in [0.15, 0.2) is 10.9 Å². The minimum Gasteiger partial charge on any atom is -0.298 e. The van der Waals surface area contributed by atoms with Crippen LogP contribution in [0, 0.1) is 0 Å². The third kappa shape index (κ3) is 6.04. The molecule has 7 nitrogen and oxygen atoms in total. The van der Waals surface area contributed by atoms with Crippen LogP contribution in [0.3, 0.4) is 0 Å². The Morgan fingerprint density at radius 2 is 1.62 bits per heavy atom. The fourth-order valence-electron chi connectivity index (χ4n) is 3.38. The fraction of sp³-hybridized carbons (Fsp3) is 0.0800. The molecule has 0 saturated carbocycles. The molecule has 0 aliphatic rings. The molecule has 12 heteroatoms. The molecule has 1 aromatic heterocycles. The maximum absolute atomic E-state index is 13.3. The number of halogens is 3. The molecular formula is C25H18F3N3O4S2. The van der Waals surface area contributed by atoms with E-state index in [0.717, 1.165) is 17.4 Å². The Morgan fingerprint density at radius 3 is 2.30 bits per heavy atom. The fourth-order valence-corrected chi connectivity index (χ4v) is 5.13. The number of rotatable bonds is 7. The summed E-state index contributed by atoms with van der Waals surface area (Å²) in [5, 5.41) is 4.00. The van der Waals surface area contributed by atoms with Gasteiger partial charge in [0, 0.05) is 27.8 Å². The zero-order valence-corrected chi connectivity index (χ0v) is 20.7. The first-order valence-electron chi connectivity index (χ1n) is 10.6. The predicted octanol–water partition coefficient (Wildman–Crippen LogP) is 6.08. The van der Waals surface area contributed by atoms with Crippen LogP contribution in [0.25, 0.3) is 11.3 Å². The van der Waals surface area contributed by atoms with Crippen LogP contribution in [-0.4, -0.2) is 25.1 Å². The molecule has 2 N–H and O–H groups in total. The quantitative estimate of drug-likeness (QED) is 0.274. The van der Waals surface area contributed by atoms with Crippen molar-refractivity contribution in [2.24, 2.45) is 0 Å². The van der Waals surface area contributed by atoms with Crippen molar-refractivity contribution in [3.05, 3.63) is 94.9 Å². The highest BCUT2D eigenvalue weighted by Crippen LogP contribution is 2.37. The van der Waals surface area contributed by atoms with Crippen molar-refractivity contribution in [2.75, 3.05) is 10.0 Å². The topological polar surface area (TPSA) is 105 Å². The van der Waals surface area contributed by atoms with E-state index >= 15 is 0 Å². The van der Waals surface area contributed by atoms with Gasteiger partial charge in [0.1, 0.15) is 0 Å². The van der Waals surface area contributed by atoms with E-state index < -0.39 is 27.7 Å². The monoisotopic (exact) mass is 545 g/mol. The summed E-state index contributed by atoms with van der Waals surface area (Å²) in [5.74, 6) is -0.829. The molecule has 37 heavy (non-hydrogen) atoms. The lowest BCUT2D eigenvalue weighted by Crippen LogP contribution is -2.15. The number of benzene rings is 3. The van der Waals surface area contributed by atoms with Crippen LogP contribution in [0.2, 0.25) is 0 Å². The van der Waals surface area contributed by atoms with E-state index in [1.165, 1.54) is 66.9 Å². The van der Waals surface area contributed by atoms with E-state index in [0.29, 0.717) is 5.56 Å². The molecule has 4 aromatic rings. The summed E-state index contributed by atoms with van der Waals surface area (Å²) in [6.45, 7) is 1.37. The molecule has 0 radical (unpaired) electrons. The number of aromatic nitrogens is 1. The van der Waals surface area contributed by atoms with Gasteiger partial charge in [-0.2, -0.15) is 13.2 Å². The minimum absolute atomic E-state index is 0.0644. The van der Waals surface area contributed by atoms with Gasteiger partial charge in [-0.15, -0.1) is 11.3 Å². The molecule has 0 saturated heterocycles. The molecule has 0 spiro atoms. The standard InChI is InChI=1S/C25H18F3N3O4S2/c1-15(32)17-5-4-6-18(13-17)31-37(34,35)19-11-9-16(10-12-19)23(33)30-24-29-22(14-36-24)20-7-2-3-8-21(20)25(26,27)28/h2-14,31H,1H3,(H,29,30,33). The Labute approximate surface area is 214 Å². The molecule has 0 bridgehead atoms. The average Bonchev–Trinajstić information content (AvgIpc) is 3.32. The second-order valence-corrected chi connectivity index (χ2v) is 10.3. The number of hydrogen-bond donors (Lipinski definition) is 2. The highest BCUT2D eigenvalue weighted by molar-refractivity contribution is 7.92. The maximum Gasteiger partial charge on any atom is 0.417 e. The number of thiazole rings is 1. The zero-order valence-electron chi connectivity index (χ0n) is 19.0. The molecule has 4 rings (SSSR count). The van der Waals surface area contributed by atoms with Gasteiger partial charge in [-0.05, 0) is 49.4 Å². The Balaban J connectivity index is 1.47. The number of nitrogens with zero attached hydrogens (tertiary/aromatic N) is 1. The van der Waals surface area contributed by atoms with Crippen molar-refractivity contribution in [2.45, 2.75) is 18.0 Å². The summed E-state index contributed by atoms with van der Waals surface area (Å²) in [7, 11) is -4.00. The number of carbonyl (C=O) groups is 2. The highest BCUT2D eigenvalue weighted by atomic mass is 32.2. The first kappa shape index (κ1) is 26.0. The Kier molecular flexibility index (Phi) is 7.14. The number of alkyl halides is 3. The molecule has 3 aromatic carbocycles. The summed E-state index contributed by atoms with van der Waals surface area (Å²) >= 11 is 0.958. The van der Waals surface area contributed by atoms with E-state index in [2.05, 4.69) is 15.0 Å². The number of nitrogens with one attached hydrogen (secondary N) is 2. The summed E-state index contributed by atoms with van der Waals surface area (Å²) in [6, 6.07) is 16.1. The van der Waals surface area contributed by atoms with Crippen molar-refractivity contribution in [3.8, 4) is 11.3 Å². The van der Waals surface area contributed by atoms with Gasteiger partial charge in [-0.1, -0.05) is 30.3 Å². The van der Waals surface area contributed by atoms with Crippen LogP contribution in [-0.2, 0) is 16.2 Å². The lowest BCUT2D eigenvalue weighted by atomic mass is 10.1. The van der Waals surface area contributed by atoms with Gasteiger partial charge in [-0.25, -0.2) is 13.4 Å². The second kappa shape index (κ2) is 10.1. The number of carbonyl (C=O) groups excluding carboxylic acids is 2. The molecule has 0 fully saturated rings. The van der Waals surface area contributed by atoms with Crippen LogP contribution >= 0.6 is 11.3 Å². The van der Waals surface area contributed by atoms with Crippen molar-refractivity contribution < 1.29 is 31.2 Å². The van der Waals surface area contributed by atoms with E-state index in [9.17, 15) is 31.2 Å². The van der Waals surface area contributed by atoms with E-state index in [1.54, 1.807) is 12.1 Å². The van der Waals surface area contributed by atoms with Crippen LogP contribution in [0.5, 0.6) is 0 Å². The molecule has 1 amide bonds. The van der Waals surface area contributed by atoms with Gasteiger partial charge in [0.05, 0.1) is 16.2 Å². The third-order valence-corrected chi connectivity index (χ3v) is 7.34. The molecule has 190 valence electrons. The van der Waals surface area contributed by atoms with Crippen LogP contribution in [0.1, 0.15) is 33.2 Å². The number of Topliss-reactive ketones (excluding diaryl/α,β-unsaturated/α-hetero) is 1. The molecule has 0 aliphatic carbocycles. The van der Waals surface area contributed by atoms with Gasteiger partial charge in [-0.3, -0.25) is 19.6 Å². The maximum atomic E-state index is 13.3. The smallest absolute Gasteiger partial charge is 0.298 e. The number of hydrogen-bond acceptors (Lipinski definition) is 6. The number of amides is 1. The zero-order chi connectivity index (χ0) is 26.8. The van der Waals surface area contributed by atoms with E-state index in [4.69, 9.17) is 0 Å². The predicted molar refractivity (Wildman–Crippen MR) is 134 cm³/mol. The normalized spacial score (nSPS) is 11.7. The highest BCUT2D eigenvalue weighted by Gasteiger charge is 2.33. The first-order chi connectivity index (χ1) is 17.4. The van der Waals surface area contributed by atoms with Crippen LogP contribution < -0.4 is 10.0 Å². The van der Waals surface area contributed by atoms with Crippen molar-refractivity contribution in [1.29, 1.82) is 0 Å². The summed E-state index contributed by atoms with van der Waals surface area (Å²) in [4.78, 5) is 28.1. The van der Waals surface area contributed by atoms with Gasteiger partial charge in [0.25, 0.3) is 15.9 Å². The summed E-state index contributed by atoms with van der Waals surface area (Å²) in [5.41, 5.74) is -0.209. The summed E-state index contributed by atoms with van der Waals surface area (Å²) < 4.78 is 67.7. The van der Waals surface area contributed by atoms with Crippen LogP contribution in [0.15, 0.2) is 83.1 Å². The molecule has 1 heterocycles. The number of sulfonamides is 1. The summed E-state index contributed by atoms with van der Waals surface area (Å²) in [6.07, 6.45) is -4.56. The SMILES string of the molecule is CC(=O)c1cccc(NS(=O)(=O)c2ccc(C(=O)Nc3nc(-c4ccccc4C(F)(F)F)cs3)cc2)c1. The lowest BCUT2D eigenvalue weighted by molar-refractivity contribution is -0.137. The lowest BCUT2D eigenvalue weighted by Gasteiger charge is -2.10. The molecule has 0 unspecified atom stereocenters. The van der Waals surface area contributed by atoms with Crippen molar-refractivity contribution >= 4 is 43.9 Å². The number of anilines is 2. The average molecular weight is 546 g/mol. The van der Waals surface area contributed by atoms with Gasteiger partial charge in [0.2, 0.25) is 0 Å². The Morgan fingerprint density at radius 1 is 0.919 bits per heavy atom. The second-order valence-electron chi connectivity index (χ2n) is 7.80. The Hall–Kier alpha value is -4.03. The van der Waals surface area contributed by atoms with Crippen LogP contribution in [0.4, 0.5) is 24.0 Å².